The van der Waals surface area contributed by atoms with E-state index in [1.165, 1.54) is 10.4 Å². The molecule has 1 fully saturated rings. The summed E-state index contributed by atoms with van der Waals surface area (Å²) in [6, 6.07) is 4.10. The molecule has 2 rings (SSSR count). The Balaban J connectivity index is 2.30. The molecule has 1 heterocycles. The lowest BCUT2D eigenvalue weighted by Crippen LogP contribution is -2.43. The molecule has 1 aromatic carbocycles. The maximum Gasteiger partial charge on any atom is 0.324 e. The first-order valence-electron chi connectivity index (χ1n) is 10.4. The second-order valence-electron chi connectivity index (χ2n) is 8.78. The zero-order chi connectivity index (χ0) is 22.5. The van der Waals surface area contributed by atoms with E-state index in [0.717, 1.165) is 11.8 Å². The molecule has 1 saturated heterocycles. The number of aldehydes is 1. The van der Waals surface area contributed by atoms with Gasteiger partial charge in [-0.25, -0.2) is 8.42 Å². The molecule has 0 radical (unpaired) electrons. The molecule has 168 valence electrons. The molecular formula is C22H33NO6S. The van der Waals surface area contributed by atoms with E-state index in [0.29, 0.717) is 32.1 Å². The van der Waals surface area contributed by atoms with E-state index in [2.05, 4.69) is 0 Å². The van der Waals surface area contributed by atoms with E-state index in [-0.39, 0.29) is 23.3 Å². The molecule has 0 saturated carbocycles. The van der Waals surface area contributed by atoms with E-state index in [1.54, 1.807) is 32.9 Å². The van der Waals surface area contributed by atoms with E-state index >= 15 is 0 Å². The quantitative estimate of drug-likeness (QED) is 0.332. The number of nitrogens with zero attached hydrogens (tertiary/aromatic N) is 1. The molecule has 0 aromatic heterocycles. The van der Waals surface area contributed by atoms with Crippen molar-refractivity contribution in [3.8, 4) is 5.75 Å². The smallest absolute Gasteiger partial charge is 0.324 e. The number of benzene rings is 1. The van der Waals surface area contributed by atoms with Crippen LogP contribution in [0.2, 0.25) is 0 Å². The summed E-state index contributed by atoms with van der Waals surface area (Å²) in [4.78, 5) is 23.2. The van der Waals surface area contributed by atoms with Crippen molar-refractivity contribution in [2.24, 2.45) is 0 Å². The van der Waals surface area contributed by atoms with Crippen LogP contribution in [-0.2, 0) is 24.3 Å². The third-order valence-corrected chi connectivity index (χ3v) is 6.78. The van der Waals surface area contributed by atoms with Gasteiger partial charge in [-0.3, -0.25) is 4.79 Å². The number of rotatable bonds is 9. The number of hydrogen-bond donors (Lipinski definition) is 0. The lowest BCUT2D eigenvalue weighted by atomic mass is 10.2. The Hall–Kier alpha value is -1.93. The van der Waals surface area contributed by atoms with Crippen LogP contribution in [0.15, 0.2) is 23.1 Å². The van der Waals surface area contributed by atoms with Crippen LogP contribution >= 0.6 is 0 Å². The topological polar surface area (TPSA) is 90.0 Å². The van der Waals surface area contributed by atoms with Gasteiger partial charge in [0.05, 0.1) is 6.10 Å². The van der Waals surface area contributed by atoms with Crippen LogP contribution in [0.3, 0.4) is 0 Å². The van der Waals surface area contributed by atoms with Crippen molar-refractivity contribution >= 4 is 22.3 Å². The fraction of sp³-hybridized carbons (Fsp3) is 0.636. The maximum atomic E-state index is 13.5. The molecule has 2 atom stereocenters. The van der Waals surface area contributed by atoms with Crippen LogP contribution in [0.25, 0.3) is 0 Å². The fourth-order valence-corrected chi connectivity index (χ4v) is 5.19. The molecule has 0 N–H and O–H groups in total. The highest BCUT2D eigenvalue weighted by Crippen LogP contribution is 2.34. The van der Waals surface area contributed by atoms with Crippen molar-refractivity contribution in [1.29, 1.82) is 0 Å². The first-order chi connectivity index (χ1) is 14.0. The number of sulfonamides is 1. The lowest BCUT2D eigenvalue weighted by molar-refractivity contribution is -0.158. The zero-order valence-electron chi connectivity index (χ0n) is 18.5. The summed E-state index contributed by atoms with van der Waals surface area (Å²) in [5.74, 6) is -0.260. The zero-order valence-corrected chi connectivity index (χ0v) is 19.3. The molecule has 30 heavy (non-hydrogen) atoms. The van der Waals surface area contributed by atoms with Crippen molar-refractivity contribution in [3.05, 3.63) is 23.8 Å². The Bertz CT molecular complexity index is 859. The largest absolute Gasteiger partial charge is 0.489 e. The summed E-state index contributed by atoms with van der Waals surface area (Å²) in [5, 5.41) is 0. The molecule has 7 nitrogen and oxygen atoms in total. The predicted octanol–water partition coefficient (Wildman–Crippen LogP) is 3.63. The average Bonchev–Trinajstić information content (AvgIpc) is 3.11. The van der Waals surface area contributed by atoms with Gasteiger partial charge in [-0.2, -0.15) is 4.31 Å². The number of carbonyl (C=O) groups excluding carboxylic acids is 2. The van der Waals surface area contributed by atoms with Crippen molar-refractivity contribution in [2.75, 3.05) is 6.54 Å². The van der Waals surface area contributed by atoms with Gasteiger partial charge in [-0.05, 0) is 78.0 Å². The van der Waals surface area contributed by atoms with Crippen LogP contribution < -0.4 is 4.74 Å². The minimum atomic E-state index is -3.96. The molecule has 0 spiro atoms. The molecule has 1 aromatic rings. The summed E-state index contributed by atoms with van der Waals surface area (Å²) < 4.78 is 39.6. The minimum Gasteiger partial charge on any atom is -0.489 e. The van der Waals surface area contributed by atoms with Crippen molar-refractivity contribution in [2.45, 2.75) is 89.4 Å². The van der Waals surface area contributed by atoms with Gasteiger partial charge in [-0.15, -0.1) is 0 Å². The standard InChI is InChI=1S/C22H33NO6S/c1-16-11-12-20(19(15-16)28-17(2)9-6-7-14-24)30(26,27)23-13-8-10-18(23)21(25)29-22(3,4)5/h11-12,14-15,17-18H,6-10,13H2,1-5H3/t17-,18+/m1/s1. The van der Waals surface area contributed by atoms with Gasteiger partial charge in [0, 0.05) is 13.0 Å². The van der Waals surface area contributed by atoms with E-state index in [4.69, 9.17) is 9.47 Å². The van der Waals surface area contributed by atoms with Gasteiger partial charge < -0.3 is 14.3 Å². The molecule has 0 amide bonds. The third-order valence-electron chi connectivity index (χ3n) is 4.83. The molecule has 1 aliphatic heterocycles. The number of unbranched alkanes of at least 4 members (excludes halogenated alkanes) is 1. The van der Waals surface area contributed by atoms with Crippen molar-refractivity contribution in [1.82, 2.24) is 4.31 Å². The Morgan fingerprint density at radius 1 is 1.33 bits per heavy atom. The van der Waals surface area contributed by atoms with Crippen LogP contribution in [0.5, 0.6) is 5.75 Å². The van der Waals surface area contributed by atoms with Gasteiger partial charge in [0.25, 0.3) is 0 Å². The summed E-state index contributed by atoms with van der Waals surface area (Å²) >= 11 is 0. The molecule has 0 bridgehead atoms. The van der Waals surface area contributed by atoms with Crippen LogP contribution in [-0.4, -0.2) is 49.3 Å². The van der Waals surface area contributed by atoms with Crippen LogP contribution in [0.1, 0.15) is 65.4 Å². The summed E-state index contributed by atoms with van der Waals surface area (Å²) in [6.07, 6.45) is 3.38. The maximum absolute atomic E-state index is 13.5. The number of ether oxygens (including phenoxy) is 2. The van der Waals surface area contributed by atoms with E-state index < -0.39 is 27.6 Å². The van der Waals surface area contributed by atoms with E-state index in [9.17, 15) is 18.0 Å². The number of aryl methyl sites for hydroxylation is 1. The normalized spacial score (nSPS) is 18.8. The van der Waals surface area contributed by atoms with Gasteiger partial charge in [0.1, 0.15) is 28.6 Å². The lowest BCUT2D eigenvalue weighted by Gasteiger charge is -2.28. The number of hydrogen-bond acceptors (Lipinski definition) is 6. The molecule has 8 heteroatoms. The second-order valence-corrected chi connectivity index (χ2v) is 10.6. The number of carbonyl (C=O) groups is 2. The molecule has 0 aliphatic carbocycles. The SMILES string of the molecule is Cc1ccc(S(=O)(=O)N2CCC[C@H]2C(=O)OC(C)(C)C)c(O[C@H](C)CCCC=O)c1. The Labute approximate surface area is 179 Å². The fourth-order valence-electron chi connectivity index (χ4n) is 3.44. The molecular weight excluding hydrogens is 406 g/mol. The summed E-state index contributed by atoms with van der Waals surface area (Å²) in [7, 11) is -3.96. The first-order valence-corrected chi connectivity index (χ1v) is 11.9. The monoisotopic (exact) mass is 439 g/mol. The van der Waals surface area contributed by atoms with Crippen molar-refractivity contribution < 1.29 is 27.5 Å². The summed E-state index contributed by atoms with van der Waals surface area (Å²) in [5.41, 5.74) is 0.179. The highest BCUT2D eigenvalue weighted by Gasteiger charge is 2.42. The second kappa shape index (κ2) is 9.92. The van der Waals surface area contributed by atoms with Crippen molar-refractivity contribution in [3.63, 3.8) is 0 Å². The average molecular weight is 440 g/mol. The molecule has 1 aliphatic rings. The van der Waals surface area contributed by atoms with Gasteiger partial charge in [0.2, 0.25) is 10.0 Å². The Kier molecular flexibility index (Phi) is 8.05. The minimum absolute atomic E-state index is 0.0470. The Morgan fingerprint density at radius 2 is 2.03 bits per heavy atom. The Morgan fingerprint density at radius 3 is 2.67 bits per heavy atom. The van der Waals surface area contributed by atoms with Gasteiger partial charge >= 0.3 is 5.97 Å². The number of esters is 1. The third kappa shape index (κ3) is 6.28. The van der Waals surface area contributed by atoms with Crippen LogP contribution in [0.4, 0.5) is 0 Å². The highest BCUT2D eigenvalue weighted by atomic mass is 32.2. The van der Waals surface area contributed by atoms with Gasteiger partial charge in [-0.1, -0.05) is 6.07 Å². The first kappa shape index (κ1) is 24.3. The predicted molar refractivity (Wildman–Crippen MR) is 114 cm³/mol. The highest BCUT2D eigenvalue weighted by molar-refractivity contribution is 7.89. The van der Waals surface area contributed by atoms with Crippen LogP contribution in [0, 0.1) is 6.92 Å². The van der Waals surface area contributed by atoms with E-state index in [1.807, 2.05) is 13.8 Å². The van der Waals surface area contributed by atoms with Gasteiger partial charge in [0.15, 0.2) is 0 Å². The molecule has 0 unspecified atom stereocenters. The summed E-state index contributed by atoms with van der Waals surface area (Å²) in [6.45, 7) is 9.25.